The highest BCUT2D eigenvalue weighted by molar-refractivity contribution is 5.96. The van der Waals surface area contributed by atoms with Gasteiger partial charge in [-0.1, -0.05) is 0 Å². The third-order valence-corrected chi connectivity index (χ3v) is 4.63. The molecule has 0 amide bonds. The van der Waals surface area contributed by atoms with Gasteiger partial charge in [-0.2, -0.15) is 9.37 Å². The van der Waals surface area contributed by atoms with Crippen LogP contribution in [0.15, 0.2) is 24.5 Å². The molecule has 1 aliphatic heterocycles. The summed E-state index contributed by atoms with van der Waals surface area (Å²) < 4.78 is 57.2. The van der Waals surface area contributed by atoms with Crippen LogP contribution in [0.25, 0.3) is 22.3 Å². The summed E-state index contributed by atoms with van der Waals surface area (Å²) in [7, 11) is 1.95. The van der Waals surface area contributed by atoms with Gasteiger partial charge < -0.3 is 9.80 Å². The lowest BCUT2D eigenvalue weighted by Crippen LogP contribution is -2.45. The fraction of sp³-hybridized carbons (Fsp3) is 0.278. The van der Waals surface area contributed by atoms with Gasteiger partial charge in [0.05, 0.1) is 16.8 Å². The molecule has 5 nitrogen and oxygen atoms in total. The van der Waals surface area contributed by atoms with Crippen molar-refractivity contribution in [2.75, 3.05) is 38.1 Å². The van der Waals surface area contributed by atoms with Crippen LogP contribution >= 0.6 is 0 Å². The van der Waals surface area contributed by atoms with Gasteiger partial charge in [-0.05, 0) is 7.05 Å². The van der Waals surface area contributed by atoms with E-state index in [4.69, 9.17) is 0 Å². The van der Waals surface area contributed by atoms with E-state index < -0.39 is 29.0 Å². The van der Waals surface area contributed by atoms with Crippen molar-refractivity contribution in [3.05, 3.63) is 47.9 Å². The van der Waals surface area contributed by atoms with Gasteiger partial charge >= 0.3 is 0 Å². The van der Waals surface area contributed by atoms with Crippen LogP contribution in [-0.4, -0.2) is 53.1 Å². The van der Waals surface area contributed by atoms with Crippen LogP contribution < -0.4 is 4.90 Å². The minimum Gasteiger partial charge on any atom is -0.366 e. The van der Waals surface area contributed by atoms with E-state index in [1.54, 1.807) is 4.90 Å². The number of aromatic nitrogens is 3. The van der Waals surface area contributed by atoms with Crippen molar-refractivity contribution in [1.82, 2.24) is 19.9 Å². The van der Waals surface area contributed by atoms with Crippen LogP contribution in [0.4, 0.5) is 23.2 Å². The topological polar surface area (TPSA) is 45.2 Å². The van der Waals surface area contributed by atoms with Crippen LogP contribution in [0.1, 0.15) is 0 Å². The van der Waals surface area contributed by atoms with Gasteiger partial charge in [0.1, 0.15) is 23.0 Å². The molecule has 27 heavy (non-hydrogen) atoms. The molecule has 3 heterocycles. The van der Waals surface area contributed by atoms with Crippen molar-refractivity contribution in [2.24, 2.45) is 0 Å². The van der Waals surface area contributed by atoms with Crippen LogP contribution in [-0.2, 0) is 0 Å². The molecule has 0 spiro atoms. The number of anilines is 1. The molecule has 140 valence electrons. The Morgan fingerprint density at radius 1 is 0.852 bits per heavy atom. The highest BCUT2D eigenvalue weighted by Crippen LogP contribution is 2.40. The molecule has 3 aromatic rings. The first-order valence-corrected chi connectivity index (χ1v) is 8.34. The zero-order chi connectivity index (χ0) is 19.1. The predicted octanol–water partition coefficient (Wildman–Crippen LogP) is 3.00. The van der Waals surface area contributed by atoms with Gasteiger partial charge in [-0.25, -0.2) is 23.1 Å². The van der Waals surface area contributed by atoms with E-state index in [9.17, 15) is 17.6 Å². The maximum atomic E-state index is 14.9. The van der Waals surface area contributed by atoms with E-state index in [1.807, 2.05) is 7.05 Å². The summed E-state index contributed by atoms with van der Waals surface area (Å²) in [5.41, 5.74) is -0.550. The van der Waals surface area contributed by atoms with Gasteiger partial charge in [0.25, 0.3) is 0 Å². The Kier molecular flexibility index (Phi) is 4.39. The fourth-order valence-corrected chi connectivity index (χ4v) is 3.29. The number of piperazine rings is 1. The van der Waals surface area contributed by atoms with E-state index in [2.05, 4.69) is 19.9 Å². The molecule has 0 aliphatic carbocycles. The van der Waals surface area contributed by atoms with Gasteiger partial charge in [-0.3, -0.25) is 0 Å². The molecule has 0 bridgehead atoms. The van der Waals surface area contributed by atoms with Crippen LogP contribution in [0.5, 0.6) is 0 Å². The van der Waals surface area contributed by atoms with Gasteiger partial charge in [-0.15, -0.1) is 0 Å². The summed E-state index contributed by atoms with van der Waals surface area (Å²) in [6.07, 6.45) is 2.77. The zero-order valence-corrected chi connectivity index (χ0v) is 14.4. The zero-order valence-electron chi connectivity index (χ0n) is 14.4. The van der Waals surface area contributed by atoms with E-state index >= 15 is 0 Å². The summed E-state index contributed by atoms with van der Waals surface area (Å²) in [5, 5.41) is 0. The maximum absolute atomic E-state index is 14.9. The van der Waals surface area contributed by atoms with Crippen LogP contribution in [0.2, 0.25) is 0 Å². The molecule has 0 atom stereocenters. The summed E-state index contributed by atoms with van der Waals surface area (Å²) in [6.45, 7) is 2.37. The number of benzene rings is 1. The smallest absolute Gasteiger partial charge is 0.225 e. The number of likely N-dealkylation sites (N-methyl/N-ethyl adjacent to an activating group) is 1. The molecule has 0 N–H and O–H groups in total. The van der Waals surface area contributed by atoms with Crippen molar-refractivity contribution in [3.8, 4) is 11.1 Å². The number of hydrogen-bond donors (Lipinski definition) is 0. The molecule has 1 fully saturated rings. The number of nitrogens with zero attached hydrogens (tertiary/aromatic N) is 5. The van der Waals surface area contributed by atoms with Crippen molar-refractivity contribution >= 4 is 16.9 Å². The Hall–Kier alpha value is -2.81. The lowest BCUT2D eigenvalue weighted by molar-refractivity contribution is 0.313. The summed E-state index contributed by atoms with van der Waals surface area (Å²) in [5.74, 6) is -4.57. The Morgan fingerprint density at radius 2 is 1.48 bits per heavy atom. The average Bonchev–Trinajstić information content (AvgIpc) is 2.62. The van der Waals surface area contributed by atoms with Crippen molar-refractivity contribution in [3.63, 3.8) is 0 Å². The van der Waals surface area contributed by atoms with Gasteiger partial charge in [0.2, 0.25) is 5.95 Å². The molecule has 0 unspecified atom stereocenters. The van der Waals surface area contributed by atoms with E-state index in [-0.39, 0.29) is 22.4 Å². The van der Waals surface area contributed by atoms with E-state index in [0.717, 1.165) is 0 Å². The fourth-order valence-electron chi connectivity index (χ4n) is 3.29. The molecule has 1 aliphatic rings. The van der Waals surface area contributed by atoms with Gasteiger partial charge in [0.15, 0.2) is 5.65 Å². The third kappa shape index (κ3) is 3.08. The summed E-state index contributed by atoms with van der Waals surface area (Å²) in [4.78, 5) is 15.8. The minimum absolute atomic E-state index is 0.0376. The second kappa shape index (κ2) is 6.73. The number of pyridine rings is 1. The van der Waals surface area contributed by atoms with Crippen LogP contribution in [0.3, 0.4) is 0 Å². The predicted molar refractivity (Wildman–Crippen MR) is 92.3 cm³/mol. The van der Waals surface area contributed by atoms with Crippen molar-refractivity contribution in [1.29, 1.82) is 0 Å². The number of hydrogen-bond acceptors (Lipinski definition) is 5. The first kappa shape index (κ1) is 17.6. The Morgan fingerprint density at radius 3 is 2.15 bits per heavy atom. The lowest BCUT2D eigenvalue weighted by atomic mass is 10.0. The van der Waals surface area contributed by atoms with E-state index in [1.165, 1.54) is 12.4 Å². The van der Waals surface area contributed by atoms with Crippen LogP contribution in [0, 0.1) is 23.4 Å². The van der Waals surface area contributed by atoms with Crippen molar-refractivity contribution in [2.45, 2.75) is 0 Å². The molecule has 1 saturated heterocycles. The SMILES string of the molecule is CN1CCN(c2c(-c3c(F)cc(F)cc3F)c(F)nc3nccnc23)CC1. The largest absolute Gasteiger partial charge is 0.366 e. The molecule has 9 heteroatoms. The molecule has 0 radical (unpaired) electrons. The standard InChI is InChI=1S/C18H15F4N5/c1-26-4-6-27(7-5-26)16-14(13-11(20)8-10(19)9-12(13)21)17(22)25-18-15(16)23-2-3-24-18/h2-3,8-9H,4-7H2,1H3. The number of rotatable bonds is 2. The molecule has 2 aromatic heterocycles. The minimum atomic E-state index is -1.20. The Balaban J connectivity index is 2.03. The Labute approximate surface area is 152 Å². The summed E-state index contributed by atoms with van der Waals surface area (Å²) in [6, 6.07) is 1.04. The lowest BCUT2D eigenvalue weighted by Gasteiger charge is -2.35. The quantitative estimate of drug-likeness (QED) is 0.508. The van der Waals surface area contributed by atoms with Gasteiger partial charge in [0, 0.05) is 50.7 Å². The number of halogens is 4. The molecule has 4 rings (SSSR count). The first-order chi connectivity index (χ1) is 13.0. The number of fused-ring (bicyclic) bond motifs is 1. The molecular formula is C18H15F4N5. The second-order valence-electron chi connectivity index (χ2n) is 6.39. The third-order valence-electron chi connectivity index (χ3n) is 4.63. The van der Waals surface area contributed by atoms with Crippen molar-refractivity contribution < 1.29 is 17.6 Å². The second-order valence-corrected chi connectivity index (χ2v) is 6.39. The highest BCUT2D eigenvalue weighted by Gasteiger charge is 2.29. The normalized spacial score (nSPS) is 15.5. The first-order valence-electron chi connectivity index (χ1n) is 8.34. The summed E-state index contributed by atoms with van der Waals surface area (Å²) >= 11 is 0. The Bertz CT molecular complexity index is 995. The highest BCUT2D eigenvalue weighted by atomic mass is 19.1. The molecule has 1 aromatic carbocycles. The maximum Gasteiger partial charge on any atom is 0.225 e. The van der Waals surface area contributed by atoms with E-state index in [0.29, 0.717) is 38.3 Å². The average molecular weight is 377 g/mol. The molecular weight excluding hydrogens is 362 g/mol. The molecule has 0 saturated carbocycles. The monoisotopic (exact) mass is 377 g/mol.